The molecule has 114 valence electrons. The van der Waals surface area contributed by atoms with E-state index in [1.807, 2.05) is 22.9 Å². The van der Waals surface area contributed by atoms with E-state index in [-0.39, 0.29) is 5.56 Å². The first kappa shape index (κ1) is 15.3. The predicted molar refractivity (Wildman–Crippen MR) is 90.3 cm³/mol. The number of halogens is 1. The van der Waals surface area contributed by atoms with E-state index >= 15 is 0 Å². The highest BCUT2D eigenvalue weighted by atomic mass is 35.5. The van der Waals surface area contributed by atoms with E-state index in [0.29, 0.717) is 11.4 Å². The number of hydrogen-bond donors (Lipinski definition) is 1. The summed E-state index contributed by atoms with van der Waals surface area (Å²) in [6.07, 6.45) is 3.61. The van der Waals surface area contributed by atoms with E-state index in [9.17, 15) is 10.1 Å². The summed E-state index contributed by atoms with van der Waals surface area (Å²) in [6.45, 7) is 0. The van der Waals surface area contributed by atoms with Crippen molar-refractivity contribution in [3.8, 4) is 22.2 Å². The number of aromatic carboxylic acids is 1. The van der Waals surface area contributed by atoms with Gasteiger partial charge < -0.3 is 9.67 Å². The Hall–Kier alpha value is -2.55. The van der Waals surface area contributed by atoms with Gasteiger partial charge >= 0.3 is 5.97 Å². The summed E-state index contributed by atoms with van der Waals surface area (Å²) < 4.78 is 1.82. The zero-order valence-corrected chi connectivity index (χ0v) is 13.4. The molecule has 0 unspecified atom stereocenters. The standard InChI is InChI=1S/C17H11ClN2O2S/c18-7-14-5-6-16(23-14)15-10-20(9-12(15)8-19)13-3-1-11(2-4-13)17(21)22/h1-6,9-10H,7H2,(H,21,22). The van der Waals surface area contributed by atoms with Gasteiger partial charge in [-0.25, -0.2) is 4.79 Å². The van der Waals surface area contributed by atoms with Gasteiger partial charge in [-0.05, 0) is 36.4 Å². The van der Waals surface area contributed by atoms with Gasteiger partial charge in [0, 0.05) is 33.4 Å². The molecular weight excluding hydrogens is 332 g/mol. The van der Waals surface area contributed by atoms with E-state index in [2.05, 4.69) is 6.07 Å². The second-order valence-electron chi connectivity index (χ2n) is 4.86. The smallest absolute Gasteiger partial charge is 0.335 e. The molecule has 0 bridgehead atoms. The Kier molecular flexibility index (Phi) is 4.20. The van der Waals surface area contributed by atoms with Crippen LogP contribution in [0.15, 0.2) is 48.8 Å². The van der Waals surface area contributed by atoms with Crippen molar-refractivity contribution in [3.63, 3.8) is 0 Å². The highest BCUT2D eigenvalue weighted by molar-refractivity contribution is 7.15. The third-order valence-corrected chi connectivity index (χ3v) is 4.98. The predicted octanol–water partition coefficient (Wildman–Crippen LogP) is 4.51. The van der Waals surface area contributed by atoms with E-state index in [1.54, 1.807) is 41.8 Å². The number of alkyl halides is 1. The van der Waals surface area contributed by atoms with Gasteiger partial charge in [0.2, 0.25) is 0 Å². The maximum atomic E-state index is 10.9. The highest BCUT2D eigenvalue weighted by Gasteiger charge is 2.12. The van der Waals surface area contributed by atoms with Crippen LogP contribution in [-0.2, 0) is 5.88 Å². The first-order chi connectivity index (χ1) is 11.1. The summed E-state index contributed by atoms with van der Waals surface area (Å²) in [4.78, 5) is 12.9. The third-order valence-electron chi connectivity index (χ3n) is 3.42. The van der Waals surface area contributed by atoms with Crippen LogP contribution in [0.2, 0.25) is 0 Å². The Labute approximate surface area is 141 Å². The lowest BCUT2D eigenvalue weighted by Crippen LogP contribution is -1.97. The minimum atomic E-state index is -0.963. The van der Waals surface area contributed by atoms with Crippen molar-refractivity contribution < 1.29 is 9.90 Å². The average Bonchev–Trinajstić information content (AvgIpc) is 3.21. The van der Waals surface area contributed by atoms with Crippen LogP contribution < -0.4 is 0 Å². The monoisotopic (exact) mass is 342 g/mol. The average molecular weight is 343 g/mol. The Bertz CT molecular complexity index is 904. The number of thiophene rings is 1. The summed E-state index contributed by atoms with van der Waals surface area (Å²) in [7, 11) is 0. The number of aromatic nitrogens is 1. The number of carboxylic acid groups (broad SMARTS) is 1. The number of nitriles is 1. The minimum Gasteiger partial charge on any atom is -0.478 e. The molecule has 1 aromatic carbocycles. The minimum absolute atomic E-state index is 0.228. The van der Waals surface area contributed by atoms with Gasteiger partial charge in [0.15, 0.2) is 0 Å². The van der Waals surface area contributed by atoms with Crippen molar-refractivity contribution in [2.45, 2.75) is 5.88 Å². The molecule has 0 spiro atoms. The number of nitrogens with zero attached hydrogens (tertiary/aromatic N) is 2. The first-order valence-corrected chi connectivity index (χ1v) is 8.08. The van der Waals surface area contributed by atoms with Gasteiger partial charge in [-0.3, -0.25) is 0 Å². The molecule has 0 saturated heterocycles. The summed E-state index contributed by atoms with van der Waals surface area (Å²) in [6, 6.07) is 12.6. The number of carbonyl (C=O) groups is 1. The maximum absolute atomic E-state index is 10.9. The molecule has 23 heavy (non-hydrogen) atoms. The van der Waals surface area contributed by atoms with Crippen molar-refractivity contribution in [2.24, 2.45) is 0 Å². The molecule has 0 fully saturated rings. The fourth-order valence-electron chi connectivity index (χ4n) is 2.26. The van der Waals surface area contributed by atoms with Crippen molar-refractivity contribution in [1.29, 1.82) is 5.26 Å². The molecule has 1 N–H and O–H groups in total. The first-order valence-electron chi connectivity index (χ1n) is 6.73. The Balaban J connectivity index is 2.01. The third kappa shape index (κ3) is 3.00. The zero-order valence-electron chi connectivity index (χ0n) is 11.9. The molecule has 0 radical (unpaired) electrons. The van der Waals surface area contributed by atoms with Gasteiger partial charge in [0.25, 0.3) is 0 Å². The van der Waals surface area contributed by atoms with Crippen LogP contribution in [0.25, 0.3) is 16.1 Å². The van der Waals surface area contributed by atoms with Crippen LogP contribution in [-0.4, -0.2) is 15.6 Å². The van der Waals surface area contributed by atoms with Gasteiger partial charge in [-0.15, -0.1) is 22.9 Å². The molecule has 2 heterocycles. The molecule has 0 saturated carbocycles. The van der Waals surface area contributed by atoms with Gasteiger partial charge in [0.05, 0.1) is 17.0 Å². The van der Waals surface area contributed by atoms with Gasteiger partial charge in [-0.1, -0.05) is 0 Å². The van der Waals surface area contributed by atoms with Crippen molar-refractivity contribution in [1.82, 2.24) is 4.57 Å². The zero-order chi connectivity index (χ0) is 16.4. The molecule has 3 aromatic rings. The molecule has 6 heteroatoms. The number of carboxylic acids is 1. The second kappa shape index (κ2) is 6.29. The Morgan fingerprint density at radius 3 is 2.52 bits per heavy atom. The fraction of sp³-hybridized carbons (Fsp3) is 0.0588. The van der Waals surface area contributed by atoms with Crippen molar-refractivity contribution >= 4 is 28.9 Å². The SMILES string of the molecule is N#Cc1cn(-c2ccc(C(=O)O)cc2)cc1-c1ccc(CCl)s1. The number of benzene rings is 1. The summed E-state index contributed by atoms with van der Waals surface area (Å²) in [5, 5.41) is 18.3. The van der Waals surface area contributed by atoms with Crippen LogP contribution in [0.3, 0.4) is 0 Å². The van der Waals surface area contributed by atoms with E-state index < -0.39 is 5.97 Å². The quantitative estimate of drug-likeness (QED) is 0.709. The van der Waals surface area contributed by atoms with Crippen LogP contribution in [0.5, 0.6) is 0 Å². The molecule has 0 atom stereocenters. The Morgan fingerprint density at radius 1 is 1.22 bits per heavy atom. The molecule has 0 aliphatic heterocycles. The number of rotatable bonds is 4. The maximum Gasteiger partial charge on any atom is 0.335 e. The van der Waals surface area contributed by atoms with Gasteiger partial charge in [0.1, 0.15) is 6.07 Å². The molecule has 0 aliphatic carbocycles. The molecule has 3 rings (SSSR count). The highest BCUT2D eigenvalue weighted by Crippen LogP contribution is 2.32. The second-order valence-corrected chi connectivity index (χ2v) is 6.29. The normalized spacial score (nSPS) is 10.4. The van der Waals surface area contributed by atoms with Crippen LogP contribution in [0.4, 0.5) is 0 Å². The molecule has 2 aromatic heterocycles. The number of hydrogen-bond acceptors (Lipinski definition) is 3. The van der Waals surface area contributed by atoms with Crippen molar-refractivity contribution in [2.75, 3.05) is 0 Å². The van der Waals surface area contributed by atoms with Crippen LogP contribution in [0, 0.1) is 11.3 Å². The molecule has 0 aliphatic rings. The van der Waals surface area contributed by atoms with E-state index in [0.717, 1.165) is 21.0 Å². The Morgan fingerprint density at radius 2 is 1.96 bits per heavy atom. The lowest BCUT2D eigenvalue weighted by Gasteiger charge is -2.02. The lowest BCUT2D eigenvalue weighted by molar-refractivity contribution is 0.0697. The molecular formula is C17H11ClN2O2S. The van der Waals surface area contributed by atoms with Gasteiger partial charge in [-0.2, -0.15) is 5.26 Å². The largest absolute Gasteiger partial charge is 0.478 e. The van der Waals surface area contributed by atoms with Crippen LogP contribution >= 0.6 is 22.9 Å². The summed E-state index contributed by atoms with van der Waals surface area (Å²) in [5.41, 5.74) is 2.44. The molecule has 4 nitrogen and oxygen atoms in total. The van der Waals surface area contributed by atoms with Crippen LogP contribution in [0.1, 0.15) is 20.8 Å². The van der Waals surface area contributed by atoms with E-state index in [4.69, 9.17) is 16.7 Å². The van der Waals surface area contributed by atoms with Crippen molar-refractivity contribution in [3.05, 3.63) is 64.8 Å². The molecule has 0 amide bonds. The summed E-state index contributed by atoms with van der Waals surface area (Å²) >= 11 is 7.39. The fourth-order valence-corrected chi connectivity index (χ4v) is 3.39. The summed E-state index contributed by atoms with van der Waals surface area (Å²) in [5.74, 6) is -0.515. The lowest BCUT2D eigenvalue weighted by atomic mass is 10.2. The van der Waals surface area contributed by atoms with E-state index in [1.165, 1.54) is 0 Å². The topological polar surface area (TPSA) is 66.0 Å².